The fourth-order valence-electron chi connectivity index (χ4n) is 1.48. The van der Waals surface area contributed by atoms with Crippen molar-refractivity contribution in [3.05, 3.63) is 29.3 Å². The largest absolute Gasteiger partial charge is 0.434 e. The normalized spacial score (nSPS) is 12.0. The van der Waals surface area contributed by atoms with E-state index in [2.05, 4.69) is 20.7 Å². The number of rotatable bonds is 5. The Labute approximate surface area is 111 Å². The topological polar surface area (TPSA) is 50.1 Å². The average molecular weight is 318 g/mol. The molecule has 0 N–H and O–H groups in total. The lowest BCUT2D eigenvalue weighted by molar-refractivity contribution is -0.0501. The van der Waals surface area contributed by atoms with Gasteiger partial charge in [0.1, 0.15) is 5.75 Å². The third-order valence-corrected chi connectivity index (χ3v) is 2.62. The molecule has 0 bridgehead atoms. The molecule has 1 rings (SSSR count). The minimum absolute atomic E-state index is 0.0312. The minimum atomic E-state index is -3.01. The van der Waals surface area contributed by atoms with E-state index < -0.39 is 17.2 Å². The van der Waals surface area contributed by atoms with Crippen LogP contribution in [0.1, 0.15) is 22.8 Å². The van der Waals surface area contributed by atoms with Crippen molar-refractivity contribution < 1.29 is 18.3 Å². The number of nitriles is 1. The minimum Gasteiger partial charge on any atom is -0.434 e. The van der Waals surface area contributed by atoms with E-state index in [1.807, 2.05) is 6.07 Å². The van der Waals surface area contributed by atoms with Gasteiger partial charge in [-0.15, -0.1) is 0 Å². The number of alkyl halides is 3. The van der Waals surface area contributed by atoms with Gasteiger partial charge in [0.25, 0.3) is 0 Å². The quantitative estimate of drug-likeness (QED) is 0.618. The van der Waals surface area contributed by atoms with Crippen LogP contribution in [0.3, 0.4) is 0 Å². The Balaban J connectivity index is 3.30. The molecule has 0 aliphatic rings. The molecule has 18 heavy (non-hydrogen) atoms. The molecular formula is C12H10BrF2NO2. The highest BCUT2D eigenvalue weighted by atomic mass is 79.9. The maximum atomic E-state index is 12.3. The van der Waals surface area contributed by atoms with Crippen LogP contribution in [0, 0.1) is 11.3 Å². The van der Waals surface area contributed by atoms with E-state index in [0.29, 0.717) is 5.56 Å². The molecule has 0 aromatic heterocycles. The Hall–Kier alpha value is -1.48. The molecular weight excluding hydrogens is 308 g/mol. The van der Waals surface area contributed by atoms with Gasteiger partial charge in [0.15, 0.2) is 5.78 Å². The van der Waals surface area contributed by atoms with E-state index in [9.17, 15) is 13.6 Å². The number of benzene rings is 1. The van der Waals surface area contributed by atoms with Gasteiger partial charge >= 0.3 is 6.61 Å². The lowest BCUT2D eigenvalue weighted by atomic mass is 9.99. The number of carbonyl (C=O) groups is 1. The molecule has 0 spiro atoms. The molecule has 1 atom stereocenters. The monoisotopic (exact) mass is 317 g/mol. The number of Topliss-reactive ketones (excluding diaryl/α,β-unsaturated/α-hetero) is 1. The zero-order chi connectivity index (χ0) is 13.7. The summed E-state index contributed by atoms with van der Waals surface area (Å²) >= 11 is 3.09. The smallest absolute Gasteiger partial charge is 0.387 e. The Morgan fingerprint density at radius 3 is 2.72 bits per heavy atom. The molecule has 1 aromatic rings. The van der Waals surface area contributed by atoms with Crippen molar-refractivity contribution in [1.29, 1.82) is 5.26 Å². The standard InChI is InChI=1S/C12H10BrF2NO2/c1-7(13)11(17)10-8(5-6-16)3-2-4-9(10)18-12(14)15/h2-4,7,12H,5H2,1H3. The van der Waals surface area contributed by atoms with Gasteiger partial charge in [-0.3, -0.25) is 4.79 Å². The Bertz CT molecular complexity index is 483. The van der Waals surface area contributed by atoms with Crippen LogP contribution in [-0.2, 0) is 6.42 Å². The zero-order valence-corrected chi connectivity index (χ0v) is 11.1. The van der Waals surface area contributed by atoms with Crippen molar-refractivity contribution in [3.63, 3.8) is 0 Å². The highest BCUT2D eigenvalue weighted by molar-refractivity contribution is 9.10. The summed E-state index contributed by atoms with van der Waals surface area (Å²) in [6.07, 6.45) is -0.0404. The average Bonchev–Trinajstić information content (AvgIpc) is 2.28. The van der Waals surface area contributed by atoms with Crippen LogP contribution < -0.4 is 4.74 Å². The first-order valence-corrected chi connectivity index (χ1v) is 6.01. The molecule has 0 saturated carbocycles. The second kappa shape index (κ2) is 6.45. The summed E-state index contributed by atoms with van der Waals surface area (Å²) in [6.45, 7) is -1.43. The van der Waals surface area contributed by atoms with E-state index in [1.165, 1.54) is 12.1 Å². The fourth-order valence-corrected chi connectivity index (χ4v) is 1.71. The predicted molar refractivity (Wildman–Crippen MR) is 65.1 cm³/mol. The van der Waals surface area contributed by atoms with E-state index in [4.69, 9.17) is 5.26 Å². The van der Waals surface area contributed by atoms with E-state index in [1.54, 1.807) is 13.0 Å². The van der Waals surface area contributed by atoms with Crippen molar-refractivity contribution in [2.75, 3.05) is 0 Å². The zero-order valence-electron chi connectivity index (χ0n) is 9.49. The number of ketones is 1. The summed E-state index contributed by atoms with van der Waals surface area (Å²) < 4.78 is 28.9. The van der Waals surface area contributed by atoms with Crippen LogP contribution in [0.4, 0.5) is 8.78 Å². The highest BCUT2D eigenvalue weighted by Gasteiger charge is 2.22. The van der Waals surface area contributed by atoms with Crippen LogP contribution in [-0.4, -0.2) is 17.2 Å². The Morgan fingerprint density at radius 2 is 2.22 bits per heavy atom. The van der Waals surface area contributed by atoms with Crippen LogP contribution in [0.25, 0.3) is 0 Å². The van der Waals surface area contributed by atoms with Crippen LogP contribution >= 0.6 is 15.9 Å². The summed E-state index contributed by atoms with van der Waals surface area (Å²) in [5, 5.41) is 8.68. The van der Waals surface area contributed by atoms with E-state index in [0.717, 1.165) is 0 Å². The molecule has 3 nitrogen and oxygen atoms in total. The molecule has 0 heterocycles. The lowest BCUT2D eigenvalue weighted by Gasteiger charge is -2.14. The third kappa shape index (κ3) is 3.50. The van der Waals surface area contributed by atoms with Gasteiger partial charge in [-0.05, 0) is 18.6 Å². The summed E-state index contributed by atoms with van der Waals surface area (Å²) in [4.78, 5) is 11.4. The maximum absolute atomic E-state index is 12.3. The molecule has 0 aliphatic heterocycles. The van der Waals surface area contributed by atoms with Crippen LogP contribution in [0.2, 0.25) is 0 Å². The molecule has 1 unspecified atom stereocenters. The fraction of sp³-hybridized carbons (Fsp3) is 0.333. The molecule has 0 aliphatic carbocycles. The van der Waals surface area contributed by atoms with Gasteiger partial charge in [-0.2, -0.15) is 14.0 Å². The first-order chi connectivity index (χ1) is 8.47. The number of nitrogens with zero attached hydrogens (tertiary/aromatic N) is 1. The summed E-state index contributed by atoms with van der Waals surface area (Å²) in [7, 11) is 0. The molecule has 0 amide bonds. The maximum Gasteiger partial charge on any atom is 0.387 e. The first kappa shape index (κ1) is 14.6. The molecule has 1 aromatic carbocycles. The summed E-state index contributed by atoms with van der Waals surface area (Å²) in [5.74, 6) is -0.592. The Morgan fingerprint density at radius 1 is 1.56 bits per heavy atom. The van der Waals surface area contributed by atoms with E-state index in [-0.39, 0.29) is 17.7 Å². The lowest BCUT2D eigenvalue weighted by Crippen LogP contribution is -2.16. The number of ether oxygens (including phenoxy) is 1. The summed E-state index contributed by atoms with van der Waals surface area (Å²) in [6, 6.07) is 6.19. The highest BCUT2D eigenvalue weighted by Crippen LogP contribution is 2.27. The van der Waals surface area contributed by atoms with Crippen LogP contribution in [0.5, 0.6) is 5.75 Å². The van der Waals surface area contributed by atoms with Gasteiger partial charge < -0.3 is 4.74 Å². The van der Waals surface area contributed by atoms with Crippen molar-refractivity contribution >= 4 is 21.7 Å². The van der Waals surface area contributed by atoms with Crippen molar-refractivity contribution in [2.24, 2.45) is 0 Å². The summed E-state index contributed by atoms with van der Waals surface area (Å²) in [5.41, 5.74) is 0.413. The van der Waals surface area contributed by atoms with Gasteiger partial charge in [-0.1, -0.05) is 28.1 Å². The number of halogens is 3. The Kier molecular flexibility index (Phi) is 5.23. The second-order valence-corrected chi connectivity index (χ2v) is 4.86. The van der Waals surface area contributed by atoms with Crippen molar-refractivity contribution in [3.8, 4) is 11.8 Å². The van der Waals surface area contributed by atoms with Gasteiger partial charge in [0, 0.05) is 0 Å². The van der Waals surface area contributed by atoms with Crippen molar-refractivity contribution in [2.45, 2.75) is 24.8 Å². The molecule has 0 fully saturated rings. The third-order valence-electron chi connectivity index (χ3n) is 2.21. The van der Waals surface area contributed by atoms with E-state index >= 15 is 0 Å². The van der Waals surface area contributed by atoms with Gasteiger partial charge in [0.05, 0.1) is 22.9 Å². The van der Waals surface area contributed by atoms with Gasteiger partial charge in [0.2, 0.25) is 0 Å². The first-order valence-electron chi connectivity index (χ1n) is 5.09. The molecule has 96 valence electrons. The molecule has 6 heteroatoms. The molecule has 0 saturated heterocycles. The predicted octanol–water partition coefficient (Wildman–Crippen LogP) is 3.32. The molecule has 0 radical (unpaired) electrons. The van der Waals surface area contributed by atoms with Crippen molar-refractivity contribution in [1.82, 2.24) is 0 Å². The number of hydrogen-bond acceptors (Lipinski definition) is 3. The SMILES string of the molecule is CC(Br)C(=O)c1c(CC#N)cccc1OC(F)F. The second-order valence-electron chi connectivity index (χ2n) is 3.48. The number of carbonyl (C=O) groups excluding carboxylic acids is 1. The van der Waals surface area contributed by atoms with Crippen LogP contribution in [0.15, 0.2) is 18.2 Å². The number of hydrogen-bond donors (Lipinski definition) is 0. The van der Waals surface area contributed by atoms with Gasteiger partial charge in [-0.25, -0.2) is 0 Å².